The van der Waals surface area contributed by atoms with Crippen LogP contribution in [-0.4, -0.2) is 13.6 Å². The van der Waals surface area contributed by atoms with E-state index in [-0.39, 0.29) is 0 Å². The fraction of sp³-hybridized carbons (Fsp3) is 0.538. The van der Waals surface area contributed by atoms with Gasteiger partial charge >= 0.3 is 0 Å². The molecule has 96 valence electrons. The summed E-state index contributed by atoms with van der Waals surface area (Å²) in [5.74, 6) is -1.18. The van der Waals surface area contributed by atoms with Crippen molar-refractivity contribution in [1.29, 1.82) is 0 Å². The topological polar surface area (TPSA) is 12.0 Å². The molecular formula is C13H18ClF2N. The highest BCUT2D eigenvalue weighted by Gasteiger charge is 2.09. The lowest BCUT2D eigenvalue weighted by molar-refractivity contribution is 0.478. The summed E-state index contributed by atoms with van der Waals surface area (Å²) in [6.45, 7) is 3.11. The van der Waals surface area contributed by atoms with Gasteiger partial charge in [0.1, 0.15) is 0 Å². The second kappa shape index (κ2) is 6.92. The number of rotatable bonds is 6. The van der Waals surface area contributed by atoms with Gasteiger partial charge in [0.15, 0.2) is 11.6 Å². The van der Waals surface area contributed by atoms with Crippen molar-refractivity contribution in [3.05, 3.63) is 34.4 Å². The van der Waals surface area contributed by atoms with E-state index in [1.807, 2.05) is 7.05 Å². The summed E-state index contributed by atoms with van der Waals surface area (Å²) in [5.41, 5.74) is 0.682. The Labute approximate surface area is 106 Å². The van der Waals surface area contributed by atoms with Gasteiger partial charge in [-0.15, -0.1) is 0 Å². The van der Waals surface area contributed by atoms with E-state index < -0.39 is 11.6 Å². The van der Waals surface area contributed by atoms with E-state index in [4.69, 9.17) is 11.6 Å². The third-order valence-corrected chi connectivity index (χ3v) is 3.23. The average molecular weight is 262 g/mol. The molecule has 1 aromatic rings. The van der Waals surface area contributed by atoms with E-state index in [0.29, 0.717) is 22.9 Å². The molecule has 1 atom stereocenters. The van der Waals surface area contributed by atoms with Crippen molar-refractivity contribution in [2.24, 2.45) is 5.92 Å². The number of aryl methyl sites for hydroxylation is 1. The van der Waals surface area contributed by atoms with Gasteiger partial charge in [-0.25, -0.2) is 8.78 Å². The molecule has 0 amide bonds. The third-order valence-electron chi connectivity index (χ3n) is 2.88. The lowest BCUT2D eigenvalue weighted by Crippen LogP contribution is -2.12. The van der Waals surface area contributed by atoms with E-state index in [9.17, 15) is 8.78 Å². The molecule has 1 N–H and O–H groups in total. The fourth-order valence-electron chi connectivity index (χ4n) is 1.69. The van der Waals surface area contributed by atoms with Crippen LogP contribution in [0.5, 0.6) is 0 Å². The molecule has 0 aliphatic carbocycles. The van der Waals surface area contributed by atoms with Crippen LogP contribution >= 0.6 is 11.6 Å². The first-order valence-corrected chi connectivity index (χ1v) is 6.20. The fourth-order valence-corrected chi connectivity index (χ4v) is 1.94. The number of benzene rings is 1. The summed E-state index contributed by atoms with van der Waals surface area (Å²) < 4.78 is 25.9. The summed E-state index contributed by atoms with van der Waals surface area (Å²) in [6.07, 6.45) is 2.67. The highest BCUT2D eigenvalue weighted by Crippen LogP contribution is 2.23. The van der Waals surface area contributed by atoms with E-state index in [1.54, 1.807) is 0 Å². The minimum atomic E-state index is -0.887. The van der Waals surface area contributed by atoms with Crippen molar-refractivity contribution < 1.29 is 8.78 Å². The molecule has 0 heterocycles. The van der Waals surface area contributed by atoms with Gasteiger partial charge in [0.25, 0.3) is 0 Å². The van der Waals surface area contributed by atoms with Crippen LogP contribution < -0.4 is 5.32 Å². The average Bonchev–Trinajstić information content (AvgIpc) is 2.29. The van der Waals surface area contributed by atoms with Crippen molar-refractivity contribution in [3.8, 4) is 0 Å². The molecule has 0 aromatic heterocycles. The summed E-state index contributed by atoms with van der Waals surface area (Å²) >= 11 is 5.87. The predicted octanol–water partition coefficient (Wildman–Crippen LogP) is 3.80. The summed E-state index contributed by atoms with van der Waals surface area (Å²) in [5, 5.41) is 3.40. The first-order chi connectivity index (χ1) is 8.04. The normalized spacial score (nSPS) is 12.8. The van der Waals surface area contributed by atoms with Crippen molar-refractivity contribution in [3.63, 3.8) is 0 Å². The van der Waals surface area contributed by atoms with Crippen molar-refractivity contribution in [2.75, 3.05) is 13.6 Å². The van der Waals surface area contributed by atoms with Crippen LogP contribution in [0.1, 0.15) is 25.3 Å². The number of hydrogen-bond acceptors (Lipinski definition) is 1. The second-order valence-electron chi connectivity index (χ2n) is 4.39. The van der Waals surface area contributed by atoms with E-state index in [2.05, 4.69) is 12.2 Å². The Balaban J connectivity index is 2.54. The quantitative estimate of drug-likeness (QED) is 0.768. The molecule has 0 aliphatic rings. The molecule has 0 spiro atoms. The zero-order valence-corrected chi connectivity index (χ0v) is 11.0. The maximum absolute atomic E-state index is 13.0. The van der Waals surface area contributed by atoms with Gasteiger partial charge in [-0.2, -0.15) is 0 Å². The standard InChI is InChI=1S/C13H18ClF2N/c1-9(5-6-17-2)3-4-10-7-12(15)13(16)8-11(10)14/h7-9,17H,3-6H2,1-2H3. The second-order valence-corrected chi connectivity index (χ2v) is 4.80. The molecule has 1 aromatic carbocycles. The van der Waals surface area contributed by atoms with Gasteiger partial charge in [-0.3, -0.25) is 0 Å². The molecule has 1 rings (SSSR count). The SMILES string of the molecule is CNCCC(C)CCc1cc(F)c(F)cc1Cl. The molecule has 17 heavy (non-hydrogen) atoms. The van der Waals surface area contributed by atoms with E-state index in [1.165, 1.54) is 6.07 Å². The van der Waals surface area contributed by atoms with Gasteiger partial charge < -0.3 is 5.32 Å². The Morgan fingerprint density at radius 2 is 1.88 bits per heavy atom. The minimum absolute atomic E-state index is 0.310. The zero-order chi connectivity index (χ0) is 12.8. The lowest BCUT2D eigenvalue weighted by atomic mass is 9.98. The van der Waals surface area contributed by atoms with Gasteiger partial charge in [-0.05, 0) is 56.5 Å². The lowest BCUT2D eigenvalue weighted by Gasteiger charge is -2.11. The molecule has 1 nitrogen and oxygen atoms in total. The van der Waals surface area contributed by atoms with Gasteiger partial charge in [0, 0.05) is 5.02 Å². The van der Waals surface area contributed by atoms with Gasteiger partial charge in [0.05, 0.1) is 0 Å². The molecule has 1 unspecified atom stereocenters. The van der Waals surface area contributed by atoms with Crippen LogP contribution in [0.4, 0.5) is 8.78 Å². The first kappa shape index (κ1) is 14.4. The maximum Gasteiger partial charge on any atom is 0.160 e. The molecule has 0 saturated heterocycles. The Kier molecular flexibility index (Phi) is 5.86. The third kappa shape index (κ3) is 4.60. The summed E-state index contributed by atoms with van der Waals surface area (Å²) in [7, 11) is 1.92. The summed E-state index contributed by atoms with van der Waals surface area (Å²) in [4.78, 5) is 0. The Bertz CT molecular complexity index is 369. The molecule has 0 radical (unpaired) electrons. The predicted molar refractivity (Wildman–Crippen MR) is 67.4 cm³/mol. The van der Waals surface area contributed by atoms with Crippen molar-refractivity contribution >= 4 is 11.6 Å². The molecule has 0 fully saturated rings. The molecule has 0 saturated carbocycles. The zero-order valence-electron chi connectivity index (χ0n) is 10.2. The van der Waals surface area contributed by atoms with Crippen molar-refractivity contribution in [1.82, 2.24) is 5.32 Å². The van der Waals surface area contributed by atoms with Crippen molar-refractivity contribution in [2.45, 2.75) is 26.2 Å². The van der Waals surface area contributed by atoms with Crippen LogP contribution in [0.25, 0.3) is 0 Å². The first-order valence-electron chi connectivity index (χ1n) is 5.82. The van der Waals surface area contributed by atoms with Crippen LogP contribution in [0.15, 0.2) is 12.1 Å². The van der Waals surface area contributed by atoms with Gasteiger partial charge in [-0.1, -0.05) is 18.5 Å². The monoisotopic (exact) mass is 261 g/mol. The molecular weight excluding hydrogens is 244 g/mol. The molecule has 4 heteroatoms. The van der Waals surface area contributed by atoms with E-state index >= 15 is 0 Å². The van der Waals surface area contributed by atoms with Crippen LogP contribution in [0.2, 0.25) is 5.02 Å². The van der Waals surface area contributed by atoms with E-state index in [0.717, 1.165) is 25.5 Å². The molecule has 0 bridgehead atoms. The van der Waals surface area contributed by atoms with Crippen LogP contribution in [-0.2, 0) is 6.42 Å². The largest absolute Gasteiger partial charge is 0.320 e. The number of nitrogens with one attached hydrogen (secondary N) is 1. The Morgan fingerprint density at radius 3 is 2.53 bits per heavy atom. The number of hydrogen-bond donors (Lipinski definition) is 1. The highest BCUT2D eigenvalue weighted by atomic mass is 35.5. The number of halogens is 3. The summed E-state index contributed by atoms with van der Waals surface area (Å²) in [6, 6.07) is 2.24. The maximum atomic E-state index is 13.0. The van der Waals surface area contributed by atoms with Crippen LogP contribution in [0, 0.1) is 17.6 Å². The van der Waals surface area contributed by atoms with Gasteiger partial charge in [0.2, 0.25) is 0 Å². The van der Waals surface area contributed by atoms with Crippen LogP contribution in [0.3, 0.4) is 0 Å². The highest BCUT2D eigenvalue weighted by molar-refractivity contribution is 6.31. The Hall–Kier alpha value is -0.670. The molecule has 0 aliphatic heterocycles. The minimum Gasteiger partial charge on any atom is -0.320 e. The smallest absolute Gasteiger partial charge is 0.160 e. The Morgan fingerprint density at radius 1 is 1.24 bits per heavy atom.